The predicted octanol–water partition coefficient (Wildman–Crippen LogP) is 2.59. The van der Waals surface area contributed by atoms with Gasteiger partial charge in [-0.15, -0.1) is 24.0 Å². The highest BCUT2D eigenvalue weighted by Gasteiger charge is 2.25. The number of nitrogens with zero attached hydrogens (tertiary/aromatic N) is 5. The molecule has 0 saturated carbocycles. The third-order valence-corrected chi connectivity index (χ3v) is 6.46. The lowest BCUT2D eigenvalue weighted by Crippen LogP contribution is -2.54. The Labute approximate surface area is 200 Å². The molecule has 0 aliphatic carbocycles. The zero-order valence-corrected chi connectivity index (χ0v) is 21.4. The van der Waals surface area contributed by atoms with E-state index in [0.29, 0.717) is 6.04 Å². The van der Waals surface area contributed by atoms with Crippen LogP contribution in [-0.2, 0) is 0 Å². The van der Waals surface area contributed by atoms with Gasteiger partial charge in [-0.1, -0.05) is 44.2 Å². The van der Waals surface area contributed by atoms with Crippen LogP contribution in [0.4, 0.5) is 0 Å². The molecule has 0 bridgehead atoms. The summed E-state index contributed by atoms with van der Waals surface area (Å²) in [6.45, 7) is 16.8. The molecule has 170 valence electrons. The highest BCUT2D eigenvalue weighted by molar-refractivity contribution is 14.0. The van der Waals surface area contributed by atoms with Crippen LogP contribution in [0.25, 0.3) is 0 Å². The average Bonchev–Trinajstić information content (AvgIpc) is 2.79. The minimum atomic E-state index is 0. The Morgan fingerprint density at radius 2 is 1.57 bits per heavy atom. The molecule has 2 aliphatic rings. The van der Waals surface area contributed by atoms with Crippen LogP contribution in [-0.4, -0.2) is 105 Å². The molecule has 1 aromatic carbocycles. The van der Waals surface area contributed by atoms with Gasteiger partial charge in [0.2, 0.25) is 0 Å². The number of nitrogens with one attached hydrogen (secondary N) is 1. The number of guanidine groups is 1. The van der Waals surface area contributed by atoms with Crippen LogP contribution in [0.2, 0.25) is 0 Å². The molecule has 0 spiro atoms. The third-order valence-electron chi connectivity index (χ3n) is 6.46. The largest absolute Gasteiger partial charge is 0.355 e. The summed E-state index contributed by atoms with van der Waals surface area (Å²) >= 11 is 0. The molecule has 0 amide bonds. The van der Waals surface area contributed by atoms with Crippen molar-refractivity contribution in [2.45, 2.75) is 26.3 Å². The lowest BCUT2D eigenvalue weighted by Gasteiger charge is -2.40. The van der Waals surface area contributed by atoms with Crippen LogP contribution in [0.15, 0.2) is 35.3 Å². The molecule has 3 rings (SSSR count). The molecule has 6 nitrogen and oxygen atoms in total. The number of rotatable bonds is 7. The molecule has 1 atom stereocenters. The fourth-order valence-electron chi connectivity index (χ4n) is 4.61. The molecule has 2 aliphatic heterocycles. The second kappa shape index (κ2) is 13.5. The van der Waals surface area contributed by atoms with Gasteiger partial charge in [0, 0.05) is 78.5 Å². The quantitative estimate of drug-likeness (QED) is 0.335. The SMILES string of the molecule is CCC(c1ccccc1)N1CCN(C(=NC)NCCN2CCN(CC)CC2)CC1.I. The number of hydrogen-bond donors (Lipinski definition) is 1. The second-order valence-corrected chi connectivity index (χ2v) is 8.11. The summed E-state index contributed by atoms with van der Waals surface area (Å²) in [5, 5.41) is 3.60. The van der Waals surface area contributed by atoms with Crippen LogP contribution in [0.3, 0.4) is 0 Å². The first kappa shape index (κ1) is 25.4. The third kappa shape index (κ3) is 7.07. The minimum absolute atomic E-state index is 0. The van der Waals surface area contributed by atoms with Gasteiger partial charge in [-0.2, -0.15) is 0 Å². The maximum absolute atomic E-state index is 4.55. The fraction of sp³-hybridized carbons (Fsp3) is 0.696. The van der Waals surface area contributed by atoms with E-state index in [-0.39, 0.29) is 24.0 Å². The topological polar surface area (TPSA) is 37.4 Å². The molecule has 30 heavy (non-hydrogen) atoms. The van der Waals surface area contributed by atoms with Gasteiger partial charge in [0.05, 0.1) is 0 Å². The van der Waals surface area contributed by atoms with Gasteiger partial charge in [-0.05, 0) is 18.5 Å². The molecule has 1 aromatic rings. The Morgan fingerprint density at radius 1 is 0.933 bits per heavy atom. The van der Waals surface area contributed by atoms with Crippen LogP contribution < -0.4 is 5.32 Å². The summed E-state index contributed by atoms with van der Waals surface area (Å²) < 4.78 is 0. The first-order valence-corrected chi connectivity index (χ1v) is 11.4. The molecular formula is C23H41IN6. The van der Waals surface area contributed by atoms with E-state index in [4.69, 9.17) is 0 Å². The number of hydrogen-bond acceptors (Lipinski definition) is 4. The van der Waals surface area contributed by atoms with Crippen LogP contribution in [0.5, 0.6) is 0 Å². The van der Waals surface area contributed by atoms with Gasteiger partial charge in [0.25, 0.3) is 0 Å². The zero-order valence-electron chi connectivity index (χ0n) is 19.1. The van der Waals surface area contributed by atoms with Crippen molar-refractivity contribution in [3.63, 3.8) is 0 Å². The van der Waals surface area contributed by atoms with Crippen LogP contribution >= 0.6 is 24.0 Å². The van der Waals surface area contributed by atoms with Gasteiger partial charge in [0.15, 0.2) is 5.96 Å². The van der Waals surface area contributed by atoms with E-state index in [1.165, 1.54) is 38.3 Å². The summed E-state index contributed by atoms with van der Waals surface area (Å²) in [4.78, 5) is 14.7. The Morgan fingerprint density at radius 3 is 2.13 bits per heavy atom. The zero-order chi connectivity index (χ0) is 20.5. The predicted molar refractivity (Wildman–Crippen MR) is 138 cm³/mol. The molecule has 0 aromatic heterocycles. The highest BCUT2D eigenvalue weighted by Crippen LogP contribution is 2.25. The van der Waals surface area contributed by atoms with Crippen LogP contribution in [0.1, 0.15) is 31.9 Å². The Hall–Kier alpha value is -0.900. The van der Waals surface area contributed by atoms with E-state index in [1.807, 2.05) is 7.05 Å². The molecule has 1 unspecified atom stereocenters. The smallest absolute Gasteiger partial charge is 0.193 e. The van der Waals surface area contributed by atoms with Crippen molar-refractivity contribution in [1.82, 2.24) is 24.9 Å². The van der Waals surface area contributed by atoms with E-state index in [2.05, 4.69) is 74.1 Å². The molecule has 0 radical (unpaired) electrons. The molecule has 2 heterocycles. The molecular weight excluding hydrogens is 487 g/mol. The molecule has 1 N–H and O–H groups in total. The minimum Gasteiger partial charge on any atom is -0.355 e. The van der Waals surface area contributed by atoms with E-state index in [9.17, 15) is 0 Å². The van der Waals surface area contributed by atoms with Gasteiger partial charge in [-0.25, -0.2) is 0 Å². The maximum atomic E-state index is 4.55. The monoisotopic (exact) mass is 528 g/mol. The number of piperazine rings is 2. The van der Waals surface area contributed by atoms with E-state index >= 15 is 0 Å². The number of likely N-dealkylation sites (N-methyl/N-ethyl adjacent to an activating group) is 1. The van der Waals surface area contributed by atoms with E-state index < -0.39 is 0 Å². The number of aliphatic imine (C=N–C) groups is 1. The summed E-state index contributed by atoms with van der Waals surface area (Å²) in [6.07, 6.45) is 1.16. The first-order chi connectivity index (χ1) is 14.2. The van der Waals surface area contributed by atoms with E-state index in [0.717, 1.165) is 51.6 Å². The number of benzene rings is 1. The lowest BCUT2D eigenvalue weighted by atomic mass is 10.0. The molecule has 2 fully saturated rings. The lowest BCUT2D eigenvalue weighted by molar-refractivity contribution is 0.125. The normalized spacial score (nSPS) is 20.6. The van der Waals surface area contributed by atoms with Gasteiger partial charge >= 0.3 is 0 Å². The van der Waals surface area contributed by atoms with Crippen molar-refractivity contribution < 1.29 is 0 Å². The second-order valence-electron chi connectivity index (χ2n) is 8.11. The van der Waals surface area contributed by atoms with Crippen molar-refractivity contribution in [3.05, 3.63) is 35.9 Å². The summed E-state index contributed by atoms with van der Waals surface area (Å²) in [5.74, 6) is 1.06. The molecule has 7 heteroatoms. The maximum Gasteiger partial charge on any atom is 0.193 e. The highest BCUT2D eigenvalue weighted by atomic mass is 127. The van der Waals surface area contributed by atoms with Gasteiger partial charge in [0.1, 0.15) is 0 Å². The summed E-state index contributed by atoms with van der Waals surface area (Å²) in [5.41, 5.74) is 1.44. The van der Waals surface area contributed by atoms with Gasteiger partial charge in [-0.3, -0.25) is 14.8 Å². The van der Waals surface area contributed by atoms with Crippen molar-refractivity contribution in [2.24, 2.45) is 4.99 Å². The molecule has 2 saturated heterocycles. The van der Waals surface area contributed by atoms with Gasteiger partial charge < -0.3 is 15.1 Å². The van der Waals surface area contributed by atoms with E-state index in [1.54, 1.807) is 0 Å². The van der Waals surface area contributed by atoms with Crippen molar-refractivity contribution >= 4 is 29.9 Å². The Kier molecular flexibility index (Phi) is 11.4. The van der Waals surface area contributed by atoms with Crippen molar-refractivity contribution in [3.8, 4) is 0 Å². The summed E-state index contributed by atoms with van der Waals surface area (Å²) in [7, 11) is 1.91. The van der Waals surface area contributed by atoms with Crippen molar-refractivity contribution in [2.75, 3.05) is 79.0 Å². The average molecular weight is 529 g/mol. The first-order valence-electron chi connectivity index (χ1n) is 11.4. The van der Waals surface area contributed by atoms with Crippen LogP contribution in [0, 0.1) is 0 Å². The Bertz CT molecular complexity index is 609. The van der Waals surface area contributed by atoms with Crippen molar-refractivity contribution in [1.29, 1.82) is 0 Å². The standard InChI is InChI=1S/C23H40N6.HI/c1-4-22(21-9-7-6-8-10-21)28-17-19-29(20-18-28)23(24-3)25-11-12-27-15-13-26(5-2)14-16-27;/h6-10,22H,4-5,11-20H2,1-3H3,(H,24,25);1H. The fourth-order valence-corrected chi connectivity index (χ4v) is 4.61. The summed E-state index contributed by atoms with van der Waals surface area (Å²) in [6, 6.07) is 11.5. The Balaban J connectivity index is 0.00000320. The number of halogens is 1.